The second-order valence-electron chi connectivity index (χ2n) is 6.04. The predicted molar refractivity (Wildman–Crippen MR) is 99.5 cm³/mol. The van der Waals surface area contributed by atoms with E-state index in [0.29, 0.717) is 37.0 Å². The number of halogens is 1. The minimum absolute atomic E-state index is 0.121. The Labute approximate surface area is 160 Å². The van der Waals surface area contributed by atoms with Crippen molar-refractivity contribution in [2.75, 3.05) is 19.7 Å². The van der Waals surface area contributed by atoms with Gasteiger partial charge in [-0.25, -0.2) is 4.68 Å². The molecule has 3 aromatic rings. The van der Waals surface area contributed by atoms with Crippen molar-refractivity contribution < 1.29 is 9.53 Å². The first-order valence-corrected chi connectivity index (χ1v) is 9.53. The molecule has 0 aliphatic carbocycles. The van der Waals surface area contributed by atoms with Crippen molar-refractivity contribution in [3.63, 3.8) is 0 Å². The second-order valence-corrected chi connectivity index (χ2v) is 7.51. The van der Waals surface area contributed by atoms with Crippen molar-refractivity contribution in [1.82, 2.24) is 19.9 Å². The molecular formula is C18H17ClN4O2S. The molecule has 1 atom stereocenters. The van der Waals surface area contributed by atoms with Crippen molar-refractivity contribution in [2.24, 2.45) is 0 Å². The third-order valence-electron chi connectivity index (χ3n) is 4.25. The Morgan fingerprint density at radius 2 is 2.15 bits per heavy atom. The fourth-order valence-corrected chi connectivity index (χ4v) is 3.73. The van der Waals surface area contributed by atoms with E-state index in [2.05, 4.69) is 10.3 Å². The fraction of sp³-hybridized carbons (Fsp3) is 0.278. The molecule has 2 aromatic heterocycles. The van der Waals surface area contributed by atoms with Gasteiger partial charge < -0.3 is 9.64 Å². The molecule has 0 bridgehead atoms. The Balaban J connectivity index is 1.44. The first-order chi connectivity index (χ1) is 12.7. The molecule has 1 fully saturated rings. The van der Waals surface area contributed by atoms with Gasteiger partial charge in [-0.1, -0.05) is 35.0 Å². The molecule has 4 rings (SSSR count). The number of thiophene rings is 1. The van der Waals surface area contributed by atoms with Gasteiger partial charge in [0.1, 0.15) is 6.10 Å². The average molecular weight is 389 g/mol. The molecule has 0 spiro atoms. The van der Waals surface area contributed by atoms with Crippen molar-refractivity contribution in [2.45, 2.75) is 12.6 Å². The smallest absolute Gasteiger partial charge is 0.276 e. The number of rotatable bonds is 4. The van der Waals surface area contributed by atoms with Gasteiger partial charge in [-0.3, -0.25) is 4.79 Å². The van der Waals surface area contributed by atoms with E-state index in [1.54, 1.807) is 27.1 Å². The monoisotopic (exact) mass is 388 g/mol. The van der Waals surface area contributed by atoms with Crippen LogP contribution in [0.5, 0.6) is 0 Å². The molecular weight excluding hydrogens is 372 g/mol. The zero-order valence-electron chi connectivity index (χ0n) is 13.9. The number of amides is 1. The van der Waals surface area contributed by atoms with Crippen LogP contribution in [-0.2, 0) is 11.3 Å². The van der Waals surface area contributed by atoms with E-state index < -0.39 is 0 Å². The van der Waals surface area contributed by atoms with Crippen LogP contribution in [0.1, 0.15) is 27.0 Å². The summed E-state index contributed by atoms with van der Waals surface area (Å²) in [4.78, 5) is 15.7. The summed E-state index contributed by atoms with van der Waals surface area (Å²) in [6, 6.07) is 11.5. The standard InChI is InChI=1S/C18H17ClN4O2S/c19-14-5-3-13(4-6-14)17-12-22(7-8-25-17)18(24)16-11-23(21-20-16)10-15-2-1-9-26-15/h1-6,9,11,17H,7-8,10,12H2. The quantitative estimate of drug-likeness (QED) is 0.688. The van der Waals surface area contributed by atoms with Gasteiger partial charge in [-0.2, -0.15) is 0 Å². The highest BCUT2D eigenvalue weighted by Crippen LogP contribution is 2.24. The van der Waals surface area contributed by atoms with Gasteiger partial charge in [-0.15, -0.1) is 16.4 Å². The van der Waals surface area contributed by atoms with Gasteiger partial charge in [0.25, 0.3) is 5.91 Å². The summed E-state index contributed by atoms with van der Waals surface area (Å²) >= 11 is 7.59. The molecule has 134 valence electrons. The molecule has 6 nitrogen and oxygen atoms in total. The fourth-order valence-electron chi connectivity index (χ4n) is 2.91. The average Bonchev–Trinajstić information content (AvgIpc) is 3.34. The lowest BCUT2D eigenvalue weighted by molar-refractivity contribution is -0.0230. The summed E-state index contributed by atoms with van der Waals surface area (Å²) in [6.07, 6.45) is 1.54. The summed E-state index contributed by atoms with van der Waals surface area (Å²) in [5.41, 5.74) is 1.37. The summed E-state index contributed by atoms with van der Waals surface area (Å²) in [5.74, 6) is -0.121. The zero-order valence-corrected chi connectivity index (χ0v) is 15.5. The normalized spacial score (nSPS) is 17.4. The molecule has 0 radical (unpaired) electrons. The number of aromatic nitrogens is 3. The van der Waals surface area contributed by atoms with Gasteiger partial charge in [0.2, 0.25) is 0 Å². The van der Waals surface area contributed by atoms with E-state index in [1.807, 2.05) is 41.8 Å². The predicted octanol–water partition coefficient (Wildman–Crippen LogP) is 3.26. The molecule has 1 aliphatic rings. The Morgan fingerprint density at radius 3 is 2.92 bits per heavy atom. The first-order valence-electron chi connectivity index (χ1n) is 8.28. The highest BCUT2D eigenvalue weighted by atomic mass is 35.5. The molecule has 1 unspecified atom stereocenters. The third-order valence-corrected chi connectivity index (χ3v) is 5.36. The van der Waals surface area contributed by atoms with Gasteiger partial charge in [0, 0.05) is 16.4 Å². The van der Waals surface area contributed by atoms with Crippen molar-refractivity contribution in [1.29, 1.82) is 0 Å². The summed E-state index contributed by atoms with van der Waals surface area (Å²) < 4.78 is 7.51. The van der Waals surface area contributed by atoms with Crippen LogP contribution in [-0.4, -0.2) is 45.5 Å². The number of hydrogen-bond donors (Lipinski definition) is 0. The highest BCUT2D eigenvalue weighted by Gasteiger charge is 2.27. The number of carbonyl (C=O) groups excluding carboxylic acids is 1. The molecule has 1 saturated heterocycles. The van der Waals surface area contributed by atoms with Gasteiger partial charge in [0.05, 0.1) is 25.9 Å². The molecule has 1 aromatic carbocycles. The second kappa shape index (κ2) is 7.57. The summed E-state index contributed by atoms with van der Waals surface area (Å²) in [5, 5.41) is 10.8. The lowest BCUT2D eigenvalue weighted by atomic mass is 10.1. The van der Waals surface area contributed by atoms with Crippen LogP contribution in [0.15, 0.2) is 48.0 Å². The lowest BCUT2D eigenvalue weighted by Gasteiger charge is -2.32. The van der Waals surface area contributed by atoms with E-state index in [4.69, 9.17) is 16.3 Å². The minimum Gasteiger partial charge on any atom is -0.370 e. The van der Waals surface area contributed by atoms with E-state index in [9.17, 15) is 4.79 Å². The maximum atomic E-state index is 12.8. The Hall–Kier alpha value is -2.22. The topological polar surface area (TPSA) is 60.2 Å². The molecule has 1 aliphatic heterocycles. The van der Waals surface area contributed by atoms with Crippen molar-refractivity contribution in [3.8, 4) is 0 Å². The van der Waals surface area contributed by atoms with Crippen LogP contribution in [0.25, 0.3) is 0 Å². The lowest BCUT2D eigenvalue weighted by Crippen LogP contribution is -2.42. The van der Waals surface area contributed by atoms with E-state index in [1.165, 1.54) is 4.88 Å². The van der Waals surface area contributed by atoms with Gasteiger partial charge >= 0.3 is 0 Å². The molecule has 1 amide bonds. The number of hydrogen-bond acceptors (Lipinski definition) is 5. The van der Waals surface area contributed by atoms with Crippen LogP contribution in [0.4, 0.5) is 0 Å². The Kier molecular flexibility index (Phi) is 5.01. The Morgan fingerprint density at radius 1 is 1.31 bits per heavy atom. The molecule has 26 heavy (non-hydrogen) atoms. The first kappa shape index (κ1) is 17.2. The summed E-state index contributed by atoms with van der Waals surface area (Å²) in [7, 11) is 0. The third kappa shape index (κ3) is 3.80. The number of nitrogens with zero attached hydrogens (tertiary/aromatic N) is 4. The van der Waals surface area contributed by atoms with Crippen LogP contribution in [0.3, 0.4) is 0 Å². The maximum absolute atomic E-state index is 12.8. The highest BCUT2D eigenvalue weighted by molar-refractivity contribution is 7.09. The van der Waals surface area contributed by atoms with Crippen LogP contribution < -0.4 is 0 Å². The summed E-state index contributed by atoms with van der Waals surface area (Å²) in [6.45, 7) is 2.13. The van der Waals surface area contributed by atoms with Crippen molar-refractivity contribution >= 4 is 28.8 Å². The largest absolute Gasteiger partial charge is 0.370 e. The van der Waals surface area contributed by atoms with Crippen molar-refractivity contribution in [3.05, 3.63) is 69.1 Å². The van der Waals surface area contributed by atoms with Crippen LogP contribution >= 0.6 is 22.9 Å². The molecule has 0 saturated carbocycles. The number of benzene rings is 1. The van der Waals surface area contributed by atoms with Crippen LogP contribution in [0, 0.1) is 0 Å². The van der Waals surface area contributed by atoms with Gasteiger partial charge in [-0.05, 0) is 29.1 Å². The molecule has 3 heterocycles. The maximum Gasteiger partial charge on any atom is 0.276 e. The number of ether oxygens (including phenoxy) is 1. The van der Waals surface area contributed by atoms with Gasteiger partial charge in [0.15, 0.2) is 5.69 Å². The van der Waals surface area contributed by atoms with E-state index in [0.717, 1.165) is 5.56 Å². The van der Waals surface area contributed by atoms with E-state index >= 15 is 0 Å². The number of carbonyl (C=O) groups is 1. The minimum atomic E-state index is -0.161. The number of morpholine rings is 1. The van der Waals surface area contributed by atoms with Crippen LogP contribution in [0.2, 0.25) is 5.02 Å². The molecule has 0 N–H and O–H groups in total. The molecule has 8 heteroatoms. The van der Waals surface area contributed by atoms with E-state index in [-0.39, 0.29) is 12.0 Å². The Bertz CT molecular complexity index is 879. The SMILES string of the molecule is O=C(c1cn(Cc2cccs2)nn1)N1CCOC(c2ccc(Cl)cc2)C1. The zero-order chi connectivity index (χ0) is 17.9.